The topological polar surface area (TPSA) is 80.3 Å². The molecule has 2 N–H and O–H groups in total. The Bertz CT molecular complexity index is 943. The third-order valence-electron chi connectivity index (χ3n) is 3.54. The Morgan fingerprint density at radius 1 is 1.11 bits per heavy atom. The van der Waals surface area contributed by atoms with E-state index in [1.165, 1.54) is 11.3 Å². The SMILES string of the molecule is CCOc1ccc(Cl)cc1C(=O)Nc1ccc(C(=O)Nc2nccs2)cc1. The van der Waals surface area contributed by atoms with Gasteiger partial charge >= 0.3 is 0 Å². The summed E-state index contributed by atoms with van der Waals surface area (Å²) in [7, 11) is 0. The maximum atomic E-state index is 12.6. The lowest BCUT2D eigenvalue weighted by atomic mass is 10.1. The van der Waals surface area contributed by atoms with Gasteiger partial charge in [-0.1, -0.05) is 11.6 Å². The molecule has 0 fully saturated rings. The highest BCUT2D eigenvalue weighted by atomic mass is 35.5. The summed E-state index contributed by atoms with van der Waals surface area (Å²) in [5.74, 6) is -0.156. The molecule has 8 heteroatoms. The first kappa shape index (κ1) is 18.9. The summed E-state index contributed by atoms with van der Waals surface area (Å²) < 4.78 is 5.47. The molecule has 0 atom stereocenters. The van der Waals surface area contributed by atoms with E-state index in [1.54, 1.807) is 54.0 Å². The van der Waals surface area contributed by atoms with Crippen molar-refractivity contribution in [2.75, 3.05) is 17.2 Å². The summed E-state index contributed by atoms with van der Waals surface area (Å²) in [6.45, 7) is 2.27. The fourth-order valence-corrected chi connectivity index (χ4v) is 3.01. The third-order valence-corrected chi connectivity index (χ3v) is 4.47. The maximum absolute atomic E-state index is 12.6. The van der Waals surface area contributed by atoms with E-state index in [1.807, 2.05) is 6.92 Å². The summed E-state index contributed by atoms with van der Waals surface area (Å²) in [5.41, 5.74) is 1.35. The lowest BCUT2D eigenvalue weighted by Gasteiger charge is -2.11. The van der Waals surface area contributed by atoms with Crippen LogP contribution in [0.15, 0.2) is 54.0 Å². The third kappa shape index (κ3) is 4.84. The highest BCUT2D eigenvalue weighted by Gasteiger charge is 2.14. The number of nitrogens with zero attached hydrogens (tertiary/aromatic N) is 1. The van der Waals surface area contributed by atoms with Gasteiger partial charge in [-0.05, 0) is 49.4 Å². The molecule has 2 aromatic carbocycles. The van der Waals surface area contributed by atoms with Gasteiger partial charge in [-0.3, -0.25) is 14.9 Å². The zero-order chi connectivity index (χ0) is 19.2. The summed E-state index contributed by atoms with van der Waals surface area (Å²) in [4.78, 5) is 28.7. The summed E-state index contributed by atoms with van der Waals surface area (Å²) in [5, 5.41) is 8.23. The Morgan fingerprint density at radius 2 is 1.89 bits per heavy atom. The van der Waals surface area contributed by atoms with E-state index in [-0.39, 0.29) is 11.8 Å². The van der Waals surface area contributed by atoms with Crippen LogP contribution in [-0.2, 0) is 0 Å². The van der Waals surface area contributed by atoms with Crippen molar-refractivity contribution in [2.45, 2.75) is 6.92 Å². The molecule has 3 aromatic rings. The number of hydrogen-bond donors (Lipinski definition) is 2. The van der Waals surface area contributed by atoms with Gasteiger partial charge in [-0.15, -0.1) is 11.3 Å². The van der Waals surface area contributed by atoms with Crippen molar-refractivity contribution in [3.8, 4) is 5.75 Å². The quantitative estimate of drug-likeness (QED) is 0.627. The molecule has 1 aromatic heterocycles. The molecule has 0 spiro atoms. The number of ether oxygens (including phenoxy) is 1. The van der Waals surface area contributed by atoms with Gasteiger partial charge < -0.3 is 10.1 Å². The first-order valence-corrected chi connectivity index (χ1v) is 9.37. The van der Waals surface area contributed by atoms with Crippen LogP contribution in [0.2, 0.25) is 5.02 Å². The van der Waals surface area contributed by atoms with Crippen LogP contribution >= 0.6 is 22.9 Å². The van der Waals surface area contributed by atoms with Crippen LogP contribution in [0.1, 0.15) is 27.6 Å². The number of nitrogens with one attached hydrogen (secondary N) is 2. The Balaban J connectivity index is 1.70. The van der Waals surface area contributed by atoms with E-state index in [0.29, 0.717) is 39.3 Å². The predicted octanol–water partition coefficient (Wildman–Crippen LogP) is 4.70. The largest absolute Gasteiger partial charge is 0.493 e. The monoisotopic (exact) mass is 401 g/mol. The van der Waals surface area contributed by atoms with Gasteiger partial charge in [0.1, 0.15) is 5.75 Å². The first-order valence-electron chi connectivity index (χ1n) is 8.11. The van der Waals surface area contributed by atoms with Crippen molar-refractivity contribution in [1.82, 2.24) is 4.98 Å². The minimum atomic E-state index is -0.346. The molecule has 0 bridgehead atoms. The second-order valence-corrected chi connectivity index (χ2v) is 6.73. The molecule has 0 aliphatic heterocycles. The van der Waals surface area contributed by atoms with Gasteiger partial charge in [0.25, 0.3) is 11.8 Å². The zero-order valence-electron chi connectivity index (χ0n) is 14.4. The molecule has 0 unspecified atom stereocenters. The molecule has 1 heterocycles. The number of carbonyl (C=O) groups is 2. The van der Waals surface area contributed by atoms with Crippen molar-refractivity contribution in [3.05, 3.63) is 70.2 Å². The minimum Gasteiger partial charge on any atom is -0.493 e. The molecule has 0 radical (unpaired) electrons. The van der Waals surface area contributed by atoms with Crippen molar-refractivity contribution in [1.29, 1.82) is 0 Å². The van der Waals surface area contributed by atoms with Crippen molar-refractivity contribution in [3.63, 3.8) is 0 Å². The first-order chi connectivity index (χ1) is 13.1. The average molecular weight is 402 g/mol. The van der Waals surface area contributed by atoms with Gasteiger partial charge in [0, 0.05) is 27.9 Å². The van der Waals surface area contributed by atoms with E-state index >= 15 is 0 Å². The van der Waals surface area contributed by atoms with E-state index in [4.69, 9.17) is 16.3 Å². The van der Waals surface area contributed by atoms with Gasteiger partial charge in [0.05, 0.1) is 12.2 Å². The maximum Gasteiger partial charge on any atom is 0.259 e. The molecule has 6 nitrogen and oxygen atoms in total. The van der Waals surface area contributed by atoms with Gasteiger partial charge in [0.2, 0.25) is 0 Å². The number of aromatic nitrogens is 1. The van der Waals surface area contributed by atoms with E-state index in [9.17, 15) is 9.59 Å². The summed E-state index contributed by atoms with van der Waals surface area (Å²) >= 11 is 7.33. The van der Waals surface area contributed by atoms with E-state index < -0.39 is 0 Å². The molecule has 138 valence electrons. The highest BCUT2D eigenvalue weighted by Crippen LogP contribution is 2.24. The van der Waals surface area contributed by atoms with Gasteiger partial charge in [-0.25, -0.2) is 4.98 Å². The standard InChI is InChI=1S/C19H16ClN3O3S/c1-2-26-16-8-5-13(20)11-15(16)18(25)22-14-6-3-12(4-7-14)17(24)23-19-21-9-10-27-19/h3-11H,2H2,1H3,(H,22,25)(H,21,23,24). The van der Waals surface area contributed by atoms with Crippen LogP contribution < -0.4 is 15.4 Å². The van der Waals surface area contributed by atoms with Crippen LogP contribution in [0.4, 0.5) is 10.8 Å². The molecule has 0 aliphatic rings. The lowest BCUT2D eigenvalue weighted by Crippen LogP contribution is -2.14. The number of benzene rings is 2. The predicted molar refractivity (Wildman–Crippen MR) is 107 cm³/mol. The Hall–Kier alpha value is -2.90. The number of thiazole rings is 1. The smallest absolute Gasteiger partial charge is 0.259 e. The van der Waals surface area contributed by atoms with Crippen molar-refractivity contribution >= 4 is 45.6 Å². The Kier molecular flexibility index (Phi) is 6.05. The zero-order valence-corrected chi connectivity index (χ0v) is 15.9. The Labute approximate surface area is 165 Å². The number of rotatable bonds is 6. The normalized spacial score (nSPS) is 10.3. The highest BCUT2D eigenvalue weighted by molar-refractivity contribution is 7.13. The average Bonchev–Trinajstić information content (AvgIpc) is 3.17. The molecule has 2 amide bonds. The van der Waals surface area contributed by atoms with Crippen molar-refractivity contribution in [2.24, 2.45) is 0 Å². The molecule has 3 rings (SSSR count). The lowest BCUT2D eigenvalue weighted by molar-refractivity contribution is 0.101. The van der Waals surface area contributed by atoms with Crippen molar-refractivity contribution < 1.29 is 14.3 Å². The fraction of sp³-hybridized carbons (Fsp3) is 0.105. The summed E-state index contributed by atoms with van der Waals surface area (Å²) in [6.07, 6.45) is 1.62. The Morgan fingerprint density at radius 3 is 2.56 bits per heavy atom. The van der Waals surface area contributed by atoms with Crippen LogP contribution in [0.3, 0.4) is 0 Å². The second kappa shape index (κ2) is 8.66. The van der Waals surface area contributed by atoms with E-state index in [0.717, 1.165) is 0 Å². The number of halogens is 1. The van der Waals surface area contributed by atoms with Crippen LogP contribution in [-0.4, -0.2) is 23.4 Å². The molecule has 0 saturated carbocycles. The van der Waals surface area contributed by atoms with Gasteiger partial charge in [0.15, 0.2) is 5.13 Å². The minimum absolute atomic E-state index is 0.267. The molecular formula is C19H16ClN3O3S. The number of amides is 2. The summed E-state index contributed by atoms with van der Waals surface area (Å²) in [6, 6.07) is 11.4. The van der Waals surface area contributed by atoms with Gasteiger partial charge in [-0.2, -0.15) is 0 Å². The molecule has 0 aliphatic carbocycles. The second-order valence-electron chi connectivity index (χ2n) is 5.40. The van der Waals surface area contributed by atoms with Crippen LogP contribution in [0, 0.1) is 0 Å². The number of anilines is 2. The molecule has 27 heavy (non-hydrogen) atoms. The van der Waals surface area contributed by atoms with E-state index in [2.05, 4.69) is 15.6 Å². The number of carbonyl (C=O) groups excluding carboxylic acids is 2. The van der Waals surface area contributed by atoms with Crippen LogP contribution in [0.5, 0.6) is 5.75 Å². The fourth-order valence-electron chi connectivity index (χ4n) is 2.32. The van der Waals surface area contributed by atoms with Crippen LogP contribution in [0.25, 0.3) is 0 Å². The molecule has 0 saturated heterocycles. The number of hydrogen-bond acceptors (Lipinski definition) is 5. The molecular weight excluding hydrogens is 386 g/mol.